The zero-order chi connectivity index (χ0) is 14.7. The van der Waals surface area contributed by atoms with Crippen molar-refractivity contribution in [3.8, 4) is 0 Å². The van der Waals surface area contributed by atoms with E-state index in [1.807, 2.05) is 11.9 Å². The molecule has 0 N–H and O–H groups in total. The standard InChI is InChI=1S/C12H13ClN4O3/c1-8-14-12(20-15-8)7-16(2)6-9-5-10(17(18)19)3-4-11(9)13/h3-5H,6-7H2,1-2H3. The third kappa shape index (κ3) is 3.52. The van der Waals surface area contributed by atoms with Crippen LogP contribution in [0.15, 0.2) is 22.7 Å². The summed E-state index contributed by atoms with van der Waals surface area (Å²) in [5.74, 6) is 1.06. The largest absolute Gasteiger partial charge is 0.338 e. The van der Waals surface area contributed by atoms with E-state index in [9.17, 15) is 10.1 Å². The molecule has 0 radical (unpaired) electrons. The molecule has 0 saturated heterocycles. The monoisotopic (exact) mass is 296 g/mol. The number of hydrogen-bond donors (Lipinski definition) is 0. The van der Waals surface area contributed by atoms with E-state index in [2.05, 4.69) is 10.1 Å². The van der Waals surface area contributed by atoms with Crippen LogP contribution in [0, 0.1) is 17.0 Å². The van der Waals surface area contributed by atoms with Crippen LogP contribution in [0.3, 0.4) is 0 Å². The second-order valence-electron chi connectivity index (χ2n) is 4.44. The number of benzene rings is 1. The molecule has 0 spiro atoms. The van der Waals surface area contributed by atoms with Gasteiger partial charge >= 0.3 is 0 Å². The highest BCUT2D eigenvalue weighted by Gasteiger charge is 2.13. The number of aromatic nitrogens is 2. The van der Waals surface area contributed by atoms with Gasteiger partial charge in [0.2, 0.25) is 5.89 Å². The van der Waals surface area contributed by atoms with E-state index >= 15 is 0 Å². The molecule has 8 heteroatoms. The first-order chi connectivity index (χ1) is 9.45. The van der Waals surface area contributed by atoms with E-state index in [0.717, 1.165) is 0 Å². The fourth-order valence-electron chi connectivity index (χ4n) is 1.78. The fraction of sp³-hybridized carbons (Fsp3) is 0.333. The number of halogens is 1. The predicted molar refractivity (Wildman–Crippen MR) is 72.3 cm³/mol. The molecule has 1 aromatic heterocycles. The molecule has 0 aliphatic carbocycles. The molecular formula is C12H13ClN4O3. The Labute approximate surface area is 120 Å². The van der Waals surface area contributed by atoms with Crippen molar-refractivity contribution in [3.05, 3.63) is 50.6 Å². The van der Waals surface area contributed by atoms with Crippen LogP contribution in [0.25, 0.3) is 0 Å². The van der Waals surface area contributed by atoms with E-state index in [4.69, 9.17) is 16.1 Å². The average Bonchev–Trinajstić information content (AvgIpc) is 2.77. The lowest BCUT2D eigenvalue weighted by Gasteiger charge is -2.14. The summed E-state index contributed by atoms with van der Waals surface area (Å²) in [4.78, 5) is 16.3. The molecule has 0 saturated carbocycles. The molecule has 1 aromatic carbocycles. The summed E-state index contributed by atoms with van der Waals surface area (Å²) in [6.07, 6.45) is 0. The second kappa shape index (κ2) is 5.98. The quantitative estimate of drug-likeness (QED) is 0.622. The van der Waals surface area contributed by atoms with E-state index < -0.39 is 4.92 Å². The lowest BCUT2D eigenvalue weighted by atomic mass is 10.2. The van der Waals surface area contributed by atoms with E-state index in [1.54, 1.807) is 6.92 Å². The van der Waals surface area contributed by atoms with Crippen LogP contribution in [0.5, 0.6) is 0 Å². The molecule has 0 aliphatic heterocycles. The highest BCUT2D eigenvalue weighted by atomic mass is 35.5. The third-order valence-electron chi connectivity index (χ3n) is 2.66. The van der Waals surface area contributed by atoms with Crippen molar-refractivity contribution in [2.75, 3.05) is 7.05 Å². The smallest absolute Gasteiger partial charge is 0.269 e. The Hall–Kier alpha value is -1.99. The minimum Gasteiger partial charge on any atom is -0.338 e. The van der Waals surface area contributed by atoms with Crippen molar-refractivity contribution in [1.82, 2.24) is 15.0 Å². The highest BCUT2D eigenvalue weighted by Crippen LogP contribution is 2.23. The van der Waals surface area contributed by atoms with Crippen molar-refractivity contribution in [2.24, 2.45) is 0 Å². The predicted octanol–water partition coefficient (Wildman–Crippen LogP) is 2.57. The van der Waals surface area contributed by atoms with Gasteiger partial charge in [-0.3, -0.25) is 15.0 Å². The van der Waals surface area contributed by atoms with Crippen molar-refractivity contribution < 1.29 is 9.45 Å². The first kappa shape index (κ1) is 14.4. The van der Waals surface area contributed by atoms with Gasteiger partial charge in [0.15, 0.2) is 5.82 Å². The van der Waals surface area contributed by atoms with Gasteiger partial charge in [0.1, 0.15) is 0 Å². The Balaban J connectivity index is 2.08. The third-order valence-corrected chi connectivity index (χ3v) is 3.02. The summed E-state index contributed by atoms with van der Waals surface area (Å²) in [5, 5.41) is 15.0. The van der Waals surface area contributed by atoms with Crippen LogP contribution in [0.2, 0.25) is 5.02 Å². The normalized spacial score (nSPS) is 11.0. The number of nitro benzene ring substituents is 1. The lowest BCUT2D eigenvalue weighted by Crippen LogP contribution is -2.17. The van der Waals surface area contributed by atoms with Gasteiger partial charge in [-0.15, -0.1) is 0 Å². The molecule has 2 rings (SSSR count). The van der Waals surface area contributed by atoms with Gasteiger partial charge in [0.25, 0.3) is 5.69 Å². The van der Waals surface area contributed by atoms with Gasteiger partial charge in [-0.1, -0.05) is 16.8 Å². The topological polar surface area (TPSA) is 85.3 Å². The maximum absolute atomic E-state index is 10.8. The van der Waals surface area contributed by atoms with Crippen LogP contribution in [0.1, 0.15) is 17.3 Å². The van der Waals surface area contributed by atoms with E-state index in [0.29, 0.717) is 35.4 Å². The summed E-state index contributed by atoms with van der Waals surface area (Å²) >= 11 is 6.05. The number of hydrogen-bond acceptors (Lipinski definition) is 6. The second-order valence-corrected chi connectivity index (χ2v) is 4.85. The van der Waals surface area contributed by atoms with Crippen molar-refractivity contribution in [1.29, 1.82) is 0 Å². The Kier molecular flexibility index (Phi) is 4.31. The van der Waals surface area contributed by atoms with E-state index in [1.165, 1.54) is 18.2 Å². The lowest BCUT2D eigenvalue weighted by molar-refractivity contribution is -0.384. The molecule has 0 amide bonds. The summed E-state index contributed by atoms with van der Waals surface area (Å²) in [7, 11) is 1.84. The van der Waals surface area contributed by atoms with Gasteiger partial charge in [-0.05, 0) is 25.6 Å². The minimum absolute atomic E-state index is 0.0198. The molecule has 106 valence electrons. The number of non-ortho nitro benzene ring substituents is 1. The van der Waals surface area contributed by atoms with Gasteiger partial charge in [0, 0.05) is 23.7 Å². The molecule has 0 unspecified atom stereocenters. The van der Waals surface area contributed by atoms with Gasteiger partial charge < -0.3 is 4.52 Å². The molecule has 7 nitrogen and oxygen atoms in total. The minimum atomic E-state index is -0.443. The number of rotatable bonds is 5. The Bertz CT molecular complexity index is 629. The Morgan fingerprint density at radius 2 is 2.20 bits per heavy atom. The van der Waals surface area contributed by atoms with Gasteiger partial charge in [0.05, 0.1) is 11.5 Å². The zero-order valence-corrected chi connectivity index (χ0v) is 11.8. The van der Waals surface area contributed by atoms with Crippen molar-refractivity contribution in [2.45, 2.75) is 20.0 Å². The average molecular weight is 297 g/mol. The first-order valence-electron chi connectivity index (χ1n) is 5.86. The summed E-state index contributed by atoms with van der Waals surface area (Å²) in [5.41, 5.74) is 0.700. The van der Waals surface area contributed by atoms with Crippen molar-refractivity contribution >= 4 is 17.3 Å². The van der Waals surface area contributed by atoms with E-state index in [-0.39, 0.29) is 5.69 Å². The van der Waals surface area contributed by atoms with Crippen LogP contribution in [-0.2, 0) is 13.1 Å². The maximum Gasteiger partial charge on any atom is 0.269 e. The molecule has 1 heterocycles. The molecule has 0 bridgehead atoms. The molecular weight excluding hydrogens is 284 g/mol. The molecule has 2 aromatic rings. The highest BCUT2D eigenvalue weighted by molar-refractivity contribution is 6.31. The van der Waals surface area contributed by atoms with Crippen LogP contribution in [0.4, 0.5) is 5.69 Å². The molecule has 0 aliphatic rings. The van der Waals surface area contributed by atoms with Gasteiger partial charge in [-0.2, -0.15) is 4.98 Å². The van der Waals surface area contributed by atoms with Gasteiger partial charge in [-0.25, -0.2) is 0 Å². The number of nitro groups is 1. The molecule has 0 atom stereocenters. The van der Waals surface area contributed by atoms with Crippen LogP contribution >= 0.6 is 11.6 Å². The Morgan fingerprint density at radius 3 is 2.80 bits per heavy atom. The summed E-state index contributed by atoms with van der Waals surface area (Å²) < 4.78 is 5.02. The fourth-order valence-corrected chi connectivity index (χ4v) is 1.96. The molecule has 0 fully saturated rings. The number of aryl methyl sites for hydroxylation is 1. The molecule has 20 heavy (non-hydrogen) atoms. The van der Waals surface area contributed by atoms with Crippen molar-refractivity contribution in [3.63, 3.8) is 0 Å². The SMILES string of the molecule is Cc1noc(CN(C)Cc2cc([N+](=O)[O-])ccc2Cl)n1. The number of nitrogens with zero attached hydrogens (tertiary/aromatic N) is 4. The maximum atomic E-state index is 10.8. The zero-order valence-electron chi connectivity index (χ0n) is 11.0. The summed E-state index contributed by atoms with van der Waals surface area (Å²) in [6.45, 7) is 2.63. The van der Waals surface area contributed by atoms with Crippen LogP contribution in [-0.4, -0.2) is 27.0 Å². The van der Waals surface area contributed by atoms with Crippen LogP contribution < -0.4 is 0 Å². The summed E-state index contributed by atoms with van der Waals surface area (Å²) in [6, 6.07) is 4.38. The Morgan fingerprint density at radius 1 is 1.45 bits per heavy atom. The first-order valence-corrected chi connectivity index (χ1v) is 6.24.